The molecule has 1 heterocycles. The van der Waals surface area contributed by atoms with Crippen LogP contribution in [0.25, 0.3) is 0 Å². The Hall–Kier alpha value is -2.71. The molecule has 1 fully saturated rings. The van der Waals surface area contributed by atoms with Gasteiger partial charge in [-0.3, -0.25) is 20.2 Å². The highest BCUT2D eigenvalue weighted by Crippen LogP contribution is 2.39. The zero-order valence-electron chi connectivity index (χ0n) is 11.6. The first kappa shape index (κ1) is 15.2. The molecule has 0 radical (unpaired) electrons. The van der Waals surface area contributed by atoms with E-state index < -0.39 is 15.5 Å². The van der Waals surface area contributed by atoms with Gasteiger partial charge in [0.2, 0.25) is 5.75 Å². The number of rotatable bonds is 5. The second kappa shape index (κ2) is 5.82. The maximum absolute atomic E-state index is 11.1. The van der Waals surface area contributed by atoms with Gasteiger partial charge in [-0.15, -0.1) is 5.06 Å². The van der Waals surface area contributed by atoms with E-state index in [1.807, 2.05) is 12.1 Å². The van der Waals surface area contributed by atoms with E-state index in [2.05, 4.69) is 0 Å². The van der Waals surface area contributed by atoms with Crippen LogP contribution in [-0.4, -0.2) is 21.5 Å². The molecule has 118 valence electrons. The minimum Gasteiger partial charge on any atom is -0.398 e. The third kappa shape index (κ3) is 3.22. The van der Waals surface area contributed by atoms with E-state index in [0.717, 1.165) is 11.6 Å². The fraction of sp³-hybridized carbons (Fsp3) is 0.143. The second-order valence-corrected chi connectivity index (χ2v) is 5.36. The summed E-state index contributed by atoms with van der Waals surface area (Å²) in [7, 11) is 0. The summed E-state index contributed by atoms with van der Waals surface area (Å²) < 4.78 is 0. The number of nitro benzene ring substituents is 2. The van der Waals surface area contributed by atoms with Gasteiger partial charge in [-0.25, -0.2) is 0 Å². The van der Waals surface area contributed by atoms with Crippen molar-refractivity contribution in [1.82, 2.24) is 5.06 Å². The molecule has 1 aliphatic heterocycles. The van der Waals surface area contributed by atoms with E-state index in [4.69, 9.17) is 16.4 Å². The molecule has 9 heteroatoms. The SMILES string of the molecule is O=[N+]([O-])c1ccc(ON2CC2c2ccc(Cl)cc2)c([N+](=O)[O-])c1. The largest absolute Gasteiger partial charge is 0.398 e. The molecule has 1 aliphatic rings. The zero-order valence-corrected chi connectivity index (χ0v) is 12.3. The lowest BCUT2D eigenvalue weighted by Gasteiger charge is -2.07. The molecular formula is C14H10ClN3O5. The predicted octanol–water partition coefficient (Wildman–Crippen LogP) is 3.51. The highest BCUT2D eigenvalue weighted by atomic mass is 35.5. The van der Waals surface area contributed by atoms with Gasteiger partial charge in [0.25, 0.3) is 5.69 Å². The standard InChI is InChI=1S/C14H10ClN3O5/c15-10-3-1-9(2-4-10)13-8-16(13)23-14-6-5-11(17(19)20)7-12(14)18(21)22/h1-7,13H,8H2. The Morgan fingerprint density at radius 2 is 1.78 bits per heavy atom. The predicted molar refractivity (Wildman–Crippen MR) is 81.3 cm³/mol. The minimum absolute atomic E-state index is 0.0259. The van der Waals surface area contributed by atoms with Gasteiger partial charge in [0.1, 0.15) is 0 Å². The summed E-state index contributed by atoms with van der Waals surface area (Å²) in [4.78, 5) is 25.9. The van der Waals surface area contributed by atoms with E-state index in [-0.39, 0.29) is 17.5 Å². The van der Waals surface area contributed by atoms with Crippen molar-refractivity contribution in [3.63, 3.8) is 0 Å². The van der Waals surface area contributed by atoms with Crippen molar-refractivity contribution in [2.24, 2.45) is 0 Å². The van der Waals surface area contributed by atoms with Gasteiger partial charge < -0.3 is 4.84 Å². The maximum atomic E-state index is 11.1. The molecule has 0 N–H and O–H groups in total. The topological polar surface area (TPSA) is 98.5 Å². The van der Waals surface area contributed by atoms with Crippen LogP contribution in [0.3, 0.4) is 0 Å². The quantitative estimate of drug-likeness (QED) is 0.471. The van der Waals surface area contributed by atoms with Crippen LogP contribution in [0, 0.1) is 20.2 Å². The summed E-state index contributed by atoms with van der Waals surface area (Å²) in [5.74, 6) is -0.0305. The summed E-state index contributed by atoms with van der Waals surface area (Å²) in [5.41, 5.74) is 0.170. The molecule has 23 heavy (non-hydrogen) atoms. The Morgan fingerprint density at radius 3 is 2.39 bits per heavy atom. The van der Waals surface area contributed by atoms with Gasteiger partial charge in [0, 0.05) is 11.1 Å². The van der Waals surface area contributed by atoms with Crippen molar-refractivity contribution >= 4 is 23.0 Å². The molecule has 0 spiro atoms. The molecule has 3 rings (SSSR count). The maximum Gasteiger partial charge on any atom is 0.320 e. The first-order chi connectivity index (χ1) is 11.0. The third-order valence-corrected chi connectivity index (χ3v) is 3.64. The normalized spacial score (nSPS) is 19.2. The average molecular weight is 336 g/mol. The number of halogens is 1. The van der Waals surface area contributed by atoms with Crippen LogP contribution in [0.15, 0.2) is 42.5 Å². The zero-order chi connectivity index (χ0) is 16.6. The molecule has 0 aromatic heterocycles. The molecule has 0 amide bonds. The highest BCUT2D eigenvalue weighted by Gasteiger charge is 2.39. The van der Waals surface area contributed by atoms with Crippen molar-refractivity contribution in [2.75, 3.05) is 6.54 Å². The van der Waals surface area contributed by atoms with E-state index in [0.29, 0.717) is 11.6 Å². The molecule has 2 aromatic rings. The van der Waals surface area contributed by atoms with Crippen LogP contribution in [0.4, 0.5) is 11.4 Å². The fourth-order valence-corrected chi connectivity index (χ4v) is 2.27. The van der Waals surface area contributed by atoms with Crippen LogP contribution in [0.5, 0.6) is 5.75 Å². The Morgan fingerprint density at radius 1 is 1.09 bits per heavy atom. The van der Waals surface area contributed by atoms with Crippen molar-refractivity contribution in [3.8, 4) is 5.75 Å². The van der Waals surface area contributed by atoms with Crippen molar-refractivity contribution < 1.29 is 14.7 Å². The Kier molecular flexibility index (Phi) is 3.85. The lowest BCUT2D eigenvalue weighted by Crippen LogP contribution is -2.06. The lowest BCUT2D eigenvalue weighted by molar-refractivity contribution is -0.395. The number of nitro groups is 2. The first-order valence-corrected chi connectivity index (χ1v) is 6.96. The number of benzene rings is 2. The fourth-order valence-electron chi connectivity index (χ4n) is 2.15. The van der Waals surface area contributed by atoms with Crippen molar-refractivity contribution in [3.05, 3.63) is 73.3 Å². The molecule has 2 unspecified atom stereocenters. The number of hydrogen-bond donors (Lipinski definition) is 0. The van der Waals surface area contributed by atoms with Gasteiger partial charge in [-0.05, 0) is 23.8 Å². The molecule has 8 nitrogen and oxygen atoms in total. The molecule has 1 saturated heterocycles. The van der Waals surface area contributed by atoms with Crippen molar-refractivity contribution in [2.45, 2.75) is 6.04 Å². The average Bonchev–Trinajstić information content (AvgIpc) is 3.27. The van der Waals surface area contributed by atoms with Crippen LogP contribution in [-0.2, 0) is 0 Å². The van der Waals surface area contributed by atoms with E-state index in [1.165, 1.54) is 12.1 Å². The molecule has 0 aliphatic carbocycles. The monoisotopic (exact) mass is 335 g/mol. The molecule has 2 atom stereocenters. The number of hydrogen-bond acceptors (Lipinski definition) is 6. The third-order valence-electron chi connectivity index (χ3n) is 3.39. The second-order valence-electron chi connectivity index (χ2n) is 4.92. The lowest BCUT2D eigenvalue weighted by atomic mass is 10.2. The van der Waals surface area contributed by atoms with Gasteiger partial charge >= 0.3 is 5.69 Å². The molecule has 0 bridgehead atoms. The smallest absolute Gasteiger partial charge is 0.320 e. The van der Waals surface area contributed by atoms with Crippen molar-refractivity contribution in [1.29, 1.82) is 0 Å². The van der Waals surface area contributed by atoms with Gasteiger partial charge in [0.15, 0.2) is 0 Å². The highest BCUT2D eigenvalue weighted by molar-refractivity contribution is 6.30. The van der Waals surface area contributed by atoms with Gasteiger partial charge in [0.05, 0.1) is 28.5 Å². The Balaban J connectivity index is 1.77. The van der Waals surface area contributed by atoms with Gasteiger partial charge in [-0.1, -0.05) is 23.7 Å². The Labute approximate surface area is 135 Å². The van der Waals surface area contributed by atoms with Crippen LogP contribution in [0.1, 0.15) is 11.6 Å². The first-order valence-electron chi connectivity index (χ1n) is 6.58. The molecule has 0 saturated carbocycles. The van der Waals surface area contributed by atoms with Gasteiger partial charge in [-0.2, -0.15) is 0 Å². The Bertz CT molecular complexity index is 780. The number of nitrogens with zero attached hydrogens (tertiary/aromatic N) is 3. The van der Waals surface area contributed by atoms with E-state index >= 15 is 0 Å². The minimum atomic E-state index is -0.705. The molecular weight excluding hydrogens is 326 g/mol. The number of hydroxylamine groups is 2. The summed E-state index contributed by atoms with van der Waals surface area (Å²) in [6.07, 6.45) is 0. The van der Waals surface area contributed by atoms with Crippen LogP contribution < -0.4 is 4.84 Å². The summed E-state index contributed by atoms with van der Waals surface area (Å²) in [6, 6.07) is 10.5. The van der Waals surface area contributed by atoms with E-state index in [1.54, 1.807) is 17.2 Å². The number of non-ortho nitro benzene ring substituents is 1. The summed E-state index contributed by atoms with van der Waals surface area (Å²) in [6.45, 7) is 0.565. The van der Waals surface area contributed by atoms with E-state index in [9.17, 15) is 20.2 Å². The summed E-state index contributed by atoms with van der Waals surface area (Å²) >= 11 is 5.82. The van der Waals surface area contributed by atoms with Crippen LogP contribution >= 0.6 is 11.6 Å². The van der Waals surface area contributed by atoms with Crippen LogP contribution in [0.2, 0.25) is 5.02 Å². The summed E-state index contributed by atoms with van der Waals surface area (Å²) in [5, 5.41) is 23.9. The molecule has 2 aromatic carbocycles.